The lowest BCUT2D eigenvalue weighted by Crippen LogP contribution is -2.46. The Morgan fingerprint density at radius 1 is 1.05 bits per heavy atom. The van der Waals surface area contributed by atoms with E-state index in [1.54, 1.807) is 12.1 Å². The van der Waals surface area contributed by atoms with Crippen LogP contribution in [0.2, 0.25) is 0 Å². The Morgan fingerprint density at radius 2 is 1.74 bits per heavy atom. The number of sulfonamides is 1. The first-order chi connectivity index (χ1) is 18.3. The number of carbonyl (C=O) groups excluding carboxylic acids is 1. The summed E-state index contributed by atoms with van der Waals surface area (Å²) in [5.41, 5.74) is 1.86. The second-order valence-corrected chi connectivity index (χ2v) is 12.5. The Morgan fingerprint density at radius 3 is 2.37 bits per heavy atom. The summed E-state index contributed by atoms with van der Waals surface area (Å²) in [7, 11) is -3.58. The van der Waals surface area contributed by atoms with Gasteiger partial charge in [-0.15, -0.1) is 0 Å². The van der Waals surface area contributed by atoms with Crippen molar-refractivity contribution in [1.82, 2.24) is 14.2 Å². The first-order valence-corrected chi connectivity index (χ1v) is 15.7. The van der Waals surface area contributed by atoms with Gasteiger partial charge in [-0.05, 0) is 70.1 Å². The molecule has 1 aromatic heterocycles. The van der Waals surface area contributed by atoms with Gasteiger partial charge in [0, 0.05) is 32.1 Å². The quantitative estimate of drug-likeness (QED) is 0.337. The largest absolute Gasteiger partial charge is 0.494 e. The van der Waals surface area contributed by atoms with Crippen LogP contribution in [0.5, 0.6) is 5.75 Å². The summed E-state index contributed by atoms with van der Waals surface area (Å²) in [5, 5.41) is 0.681. The van der Waals surface area contributed by atoms with Gasteiger partial charge in [0.2, 0.25) is 15.9 Å². The van der Waals surface area contributed by atoms with Gasteiger partial charge in [0.25, 0.3) is 0 Å². The number of ether oxygens (including phenoxy) is 1. The molecule has 1 amide bonds. The molecule has 3 aromatic rings. The highest BCUT2D eigenvalue weighted by Crippen LogP contribution is 2.34. The van der Waals surface area contributed by atoms with Gasteiger partial charge in [-0.1, -0.05) is 42.9 Å². The van der Waals surface area contributed by atoms with Gasteiger partial charge < -0.3 is 9.64 Å². The lowest BCUT2D eigenvalue weighted by molar-refractivity contribution is -0.123. The van der Waals surface area contributed by atoms with E-state index < -0.39 is 10.0 Å². The number of thiazole rings is 1. The van der Waals surface area contributed by atoms with E-state index >= 15 is 0 Å². The number of piperidine rings is 1. The van der Waals surface area contributed by atoms with E-state index in [0.29, 0.717) is 49.1 Å². The first kappa shape index (κ1) is 28.5. The van der Waals surface area contributed by atoms with Crippen molar-refractivity contribution in [2.45, 2.75) is 45.4 Å². The van der Waals surface area contributed by atoms with Crippen LogP contribution in [-0.4, -0.2) is 74.4 Å². The third-order valence-electron chi connectivity index (χ3n) is 7.15. The van der Waals surface area contributed by atoms with Gasteiger partial charge in [-0.3, -0.25) is 9.69 Å². The molecule has 1 aliphatic heterocycles. The molecular formula is C28H38N4O4S2. The second-order valence-electron chi connectivity index (χ2n) is 9.57. The Labute approximate surface area is 230 Å². The number of fused-ring (bicyclic) bond motifs is 1. The molecule has 0 aliphatic carbocycles. The van der Waals surface area contributed by atoms with Crippen molar-refractivity contribution in [3.63, 3.8) is 0 Å². The van der Waals surface area contributed by atoms with Gasteiger partial charge in [0.05, 0.1) is 21.7 Å². The van der Waals surface area contributed by atoms with Crippen LogP contribution in [0.4, 0.5) is 5.13 Å². The van der Waals surface area contributed by atoms with Crippen molar-refractivity contribution < 1.29 is 17.9 Å². The van der Waals surface area contributed by atoms with E-state index in [9.17, 15) is 13.2 Å². The average Bonchev–Trinajstić information content (AvgIpc) is 3.34. The fourth-order valence-corrected chi connectivity index (χ4v) is 7.26. The Balaban J connectivity index is 1.52. The normalized spacial score (nSPS) is 15.3. The fourth-order valence-electron chi connectivity index (χ4n) is 4.77. The minimum Gasteiger partial charge on any atom is -0.494 e. The maximum absolute atomic E-state index is 13.9. The van der Waals surface area contributed by atoms with E-state index in [1.165, 1.54) is 15.6 Å². The molecule has 0 saturated carbocycles. The molecule has 1 aliphatic rings. The van der Waals surface area contributed by atoms with Gasteiger partial charge in [-0.2, -0.15) is 4.31 Å². The van der Waals surface area contributed by atoms with E-state index in [-0.39, 0.29) is 11.8 Å². The number of carbonyl (C=O) groups is 1. The highest BCUT2D eigenvalue weighted by Gasteiger charge is 2.35. The molecule has 1 saturated heterocycles. The number of hydrogen-bond donors (Lipinski definition) is 0. The highest BCUT2D eigenvalue weighted by atomic mass is 32.2. The van der Waals surface area contributed by atoms with E-state index in [4.69, 9.17) is 9.72 Å². The Kier molecular flexibility index (Phi) is 9.40. The zero-order chi connectivity index (χ0) is 27.3. The van der Waals surface area contributed by atoms with Gasteiger partial charge in [0.15, 0.2) is 5.13 Å². The third kappa shape index (κ3) is 6.36. The smallest absolute Gasteiger partial charge is 0.243 e. The van der Waals surface area contributed by atoms with Crippen molar-refractivity contribution in [2.75, 3.05) is 50.8 Å². The second kappa shape index (κ2) is 12.5. The Hall–Kier alpha value is -2.53. The van der Waals surface area contributed by atoms with Crippen LogP contribution in [0, 0.1) is 12.8 Å². The van der Waals surface area contributed by atoms with Gasteiger partial charge >= 0.3 is 0 Å². The lowest BCUT2D eigenvalue weighted by atomic mass is 9.96. The van der Waals surface area contributed by atoms with Crippen LogP contribution in [0.1, 0.15) is 39.2 Å². The van der Waals surface area contributed by atoms with Crippen LogP contribution >= 0.6 is 11.3 Å². The van der Waals surface area contributed by atoms with Crippen molar-refractivity contribution in [1.29, 1.82) is 0 Å². The summed E-state index contributed by atoms with van der Waals surface area (Å²) >= 11 is 1.50. The standard InChI is InChI=1S/C28H38N4O4S2/c1-5-30(6-2)18-19-32(28-29-25-13-10-23(36-7-3)20-26(25)37-28)27(33)22-14-16-31(17-15-22)38(34,35)24-11-8-21(4)9-12-24/h8-13,20,22H,5-7,14-19H2,1-4H3. The maximum Gasteiger partial charge on any atom is 0.243 e. The number of nitrogens with zero attached hydrogens (tertiary/aromatic N) is 4. The monoisotopic (exact) mass is 558 g/mol. The number of hydrogen-bond acceptors (Lipinski definition) is 7. The van der Waals surface area contributed by atoms with Gasteiger partial charge in [-0.25, -0.2) is 13.4 Å². The molecule has 0 unspecified atom stereocenters. The number of anilines is 1. The van der Waals surface area contributed by atoms with E-state index in [2.05, 4.69) is 18.7 Å². The number of likely N-dealkylation sites (N-methyl/N-ethyl adjacent to an activating group) is 1. The number of amides is 1. The molecular weight excluding hydrogens is 520 g/mol. The van der Waals surface area contributed by atoms with Crippen molar-refractivity contribution >= 4 is 42.6 Å². The molecule has 2 aromatic carbocycles. The number of aromatic nitrogens is 1. The molecule has 8 nitrogen and oxygen atoms in total. The Bertz CT molecular complexity index is 1330. The predicted octanol–water partition coefficient (Wildman–Crippen LogP) is 4.78. The van der Waals surface area contributed by atoms with Gasteiger partial charge in [0.1, 0.15) is 5.75 Å². The summed E-state index contributed by atoms with van der Waals surface area (Å²) in [4.78, 5) is 23.1. The van der Waals surface area contributed by atoms with Crippen LogP contribution < -0.4 is 9.64 Å². The minimum absolute atomic E-state index is 0.0219. The highest BCUT2D eigenvalue weighted by molar-refractivity contribution is 7.89. The molecule has 0 bridgehead atoms. The topological polar surface area (TPSA) is 83.1 Å². The zero-order valence-corrected chi connectivity index (χ0v) is 24.4. The molecule has 0 spiro atoms. The average molecular weight is 559 g/mol. The van der Waals surface area contributed by atoms with Crippen molar-refractivity contribution in [3.05, 3.63) is 48.0 Å². The van der Waals surface area contributed by atoms with Crippen LogP contribution in [-0.2, 0) is 14.8 Å². The number of aryl methyl sites for hydroxylation is 1. The third-order valence-corrected chi connectivity index (χ3v) is 10.1. The SMILES string of the molecule is CCOc1ccc2nc(N(CCN(CC)CC)C(=O)C3CCN(S(=O)(=O)c4ccc(C)cc4)CC3)sc2c1. The molecule has 0 atom stereocenters. The van der Waals surface area contributed by atoms with E-state index in [1.807, 2.05) is 49.1 Å². The molecule has 1 fully saturated rings. The molecule has 0 N–H and O–H groups in total. The molecule has 10 heteroatoms. The minimum atomic E-state index is -3.58. The molecule has 206 valence electrons. The van der Waals surface area contributed by atoms with Crippen LogP contribution in [0.15, 0.2) is 47.4 Å². The van der Waals surface area contributed by atoms with Crippen molar-refractivity contribution in [3.8, 4) is 5.75 Å². The summed E-state index contributed by atoms with van der Waals surface area (Å²) in [5.74, 6) is 0.564. The van der Waals surface area contributed by atoms with Crippen LogP contribution in [0.3, 0.4) is 0 Å². The maximum atomic E-state index is 13.9. The molecule has 0 radical (unpaired) electrons. The summed E-state index contributed by atoms with van der Waals surface area (Å²) in [6.45, 7) is 12.5. The molecule has 2 heterocycles. The number of benzene rings is 2. The molecule has 38 heavy (non-hydrogen) atoms. The first-order valence-electron chi connectivity index (χ1n) is 13.4. The predicted molar refractivity (Wildman–Crippen MR) is 154 cm³/mol. The fraction of sp³-hybridized carbons (Fsp3) is 0.500. The summed E-state index contributed by atoms with van der Waals surface area (Å²) in [6.07, 6.45) is 0.982. The van der Waals surface area contributed by atoms with Crippen molar-refractivity contribution in [2.24, 2.45) is 5.92 Å². The molecule has 4 rings (SSSR count). The van der Waals surface area contributed by atoms with E-state index in [0.717, 1.165) is 41.2 Å². The van der Waals surface area contributed by atoms with Crippen LogP contribution in [0.25, 0.3) is 10.2 Å². The lowest BCUT2D eigenvalue weighted by Gasteiger charge is -2.33. The number of rotatable bonds is 11. The zero-order valence-electron chi connectivity index (χ0n) is 22.7. The summed E-state index contributed by atoms with van der Waals surface area (Å²) < 4.78 is 34.4. The summed E-state index contributed by atoms with van der Waals surface area (Å²) in [6, 6.07) is 12.7.